The Bertz CT molecular complexity index is 224. The van der Waals surface area contributed by atoms with Gasteiger partial charge in [0.2, 0.25) is 5.91 Å². The smallest absolute Gasteiger partial charge is 0.237 e. The molecule has 0 fully saturated rings. The van der Waals surface area contributed by atoms with E-state index < -0.39 is 5.54 Å². The van der Waals surface area contributed by atoms with E-state index >= 15 is 0 Å². The van der Waals surface area contributed by atoms with E-state index in [2.05, 4.69) is 5.32 Å². The fourth-order valence-corrected chi connectivity index (χ4v) is 1.33. The van der Waals surface area contributed by atoms with Crippen molar-refractivity contribution in [2.75, 3.05) is 13.7 Å². The summed E-state index contributed by atoms with van der Waals surface area (Å²) >= 11 is 0. The average Bonchev–Trinajstić information content (AvgIpc) is 2.14. The minimum atomic E-state index is -0.596. The van der Waals surface area contributed by atoms with Crippen molar-refractivity contribution in [1.29, 1.82) is 0 Å². The van der Waals surface area contributed by atoms with E-state index in [1.54, 1.807) is 7.05 Å². The molecule has 0 aliphatic carbocycles. The number of rotatable bonds is 7. The van der Waals surface area contributed by atoms with Gasteiger partial charge in [0.15, 0.2) is 0 Å². The number of ether oxygens (including phenoxy) is 1. The summed E-state index contributed by atoms with van der Waals surface area (Å²) in [6, 6.07) is 0. The molecule has 1 atom stereocenters. The lowest BCUT2D eigenvalue weighted by molar-refractivity contribution is -0.124. The van der Waals surface area contributed by atoms with Crippen LogP contribution in [-0.4, -0.2) is 30.7 Å². The summed E-state index contributed by atoms with van der Waals surface area (Å²) in [5, 5.41) is 2.97. The van der Waals surface area contributed by atoms with Crippen molar-refractivity contribution >= 4 is 5.91 Å². The molecule has 0 heterocycles. The van der Waals surface area contributed by atoms with Gasteiger partial charge >= 0.3 is 0 Å². The predicted octanol–water partition coefficient (Wildman–Crippen LogP) is 1.44. The van der Waals surface area contributed by atoms with Crippen LogP contribution in [0.1, 0.15) is 47.0 Å². The van der Waals surface area contributed by atoms with Gasteiger partial charge in [-0.2, -0.15) is 0 Å². The summed E-state index contributed by atoms with van der Waals surface area (Å²) in [7, 11) is 1.76. The molecule has 3 N–H and O–H groups in total. The first-order chi connectivity index (χ1) is 7.21. The van der Waals surface area contributed by atoms with E-state index in [1.165, 1.54) is 0 Å². The van der Waals surface area contributed by atoms with Crippen molar-refractivity contribution in [3.05, 3.63) is 0 Å². The Kier molecular flexibility index (Phi) is 5.97. The van der Waals surface area contributed by atoms with Gasteiger partial charge in [-0.1, -0.05) is 0 Å². The van der Waals surface area contributed by atoms with Gasteiger partial charge in [-0.25, -0.2) is 0 Å². The largest absolute Gasteiger partial charge is 0.376 e. The Hall–Kier alpha value is -0.610. The van der Waals surface area contributed by atoms with Crippen molar-refractivity contribution in [3.8, 4) is 0 Å². The third kappa shape index (κ3) is 6.08. The zero-order valence-electron chi connectivity index (χ0n) is 11.2. The predicted molar refractivity (Wildman–Crippen MR) is 66.2 cm³/mol. The van der Waals surface area contributed by atoms with Crippen molar-refractivity contribution < 1.29 is 9.53 Å². The molecule has 1 unspecified atom stereocenters. The fraction of sp³-hybridized carbons (Fsp3) is 0.917. The first kappa shape index (κ1) is 15.4. The molecule has 0 aromatic rings. The van der Waals surface area contributed by atoms with E-state index in [1.807, 2.05) is 27.7 Å². The lowest BCUT2D eigenvalue weighted by Crippen LogP contribution is -2.51. The van der Waals surface area contributed by atoms with Crippen LogP contribution in [0.5, 0.6) is 0 Å². The SMILES string of the molecule is CNC(C)(CCCCOC(C)(C)C)C(N)=O. The molecule has 0 aliphatic rings. The van der Waals surface area contributed by atoms with Crippen LogP contribution in [0, 0.1) is 0 Å². The van der Waals surface area contributed by atoms with Crippen molar-refractivity contribution in [1.82, 2.24) is 5.32 Å². The molecule has 0 spiro atoms. The van der Waals surface area contributed by atoms with Crippen molar-refractivity contribution in [3.63, 3.8) is 0 Å². The van der Waals surface area contributed by atoms with Crippen molar-refractivity contribution in [2.24, 2.45) is 5.73 Å². The normalized spacial score (nSPS) is 15.8. The topological polar surface area (TPSA) is 64.3 Å². The summed E-state index contributed by atoms with van der Waals surface area (Å²) in [4.78, 5) is 11.2. The second-order valence-corrected chi connectivity index (χ2v) is 5.36. The van der Waals surface area contributed by atoms with E-state index in [0.717, 1.165) is 25.9 Å². The fourth-order valence-electron chi connectivity index (χ4n) is 1.33. The average molecular weight is 230 g/mol. The molecule has 0 rings (SSSR count). The third-order valence-corrected chi connectivity index (χ3v) is 2.70. The van der Waals surface area contributed by atoms with Crippen LogP contribution in [-0.2, 0) is 9.53 Å². The van der Waals surface area contributed by atoms with Crippen molar-refractivity contribution in [2.45, 2.75) is 58.1 Å². The molecule has 0 saturated carbocycles. The zero-order valence-corrected chi connectivity index (χ0v) is 11.2. The summed E-state index contributed by atoms with van der Waals surface area (Å²) in [5.41, 5.74) is 4.65. The number of primary amides is 1. The molecule has 16 heavy (non-hydrogen) atoms. The Labute approximate surface area is 98.9 Å². The molecular formula is C12H26N2O2. The Morgan fingerprint density at radius 1 is 1.25 bits per heavy atom. The maximum absolute atomic E-state index is 11.2. The van der Waals surface area contributed by atoms with Crippen LogP contribution < -0.4 is 11.1 Å². The van der Waals surface area contributed by atoms with Gasteiger partial charge in [0.1, 0.15) is 0 Å². The minimum Gasteiger partial charge on any atom is -0.376 e. The van der Waals surface area contributed by atoms with Gasteiger partial charge in [-0.05, 0) is 54.0 Å². The van der Waals surface area contributed by atoms with E-state index in [9.17, 15) is 4.79 Å². The lowest BCUT2D eigenvalue weighted by Gasteiger charge is -2.25. The quantitative estimate of drug-likeness (QED) is 0.650. The van der Waals surface area contributed by atoms with Gasteiger partial charge < -0.3 is 15.8 Å². The molecule has 4 heteroatoms. The second-order valence-electron chi connectivity index (χ2n) is 5.36. The molecular weight excluding hydrogens is 204 g/mol. The number of unbranched alkanes of at least 4 members (excludes halogenated alkanes) is 1. The lowest BCUT2D eigenvalue weighted by atomic mass is 9.94. The van der Waals surface area contributed by atoms with Gasteiger partial charge in [0, 0.05) is 6.61 Å². The summed E-state index contributed by atoms with van der Waals surface area (Å²) in [6.07, 6.45) is 2.62. The highest BCUT2D eigenvalue weighted by molar-refractivity contribution is 5.84. The van der Waals surface area contributed by atoms with Gasteiger partial charge in [0.05, 0.1) is 11.1 Å². The number of carbonyl (C=O) groups excluding carboxylic acids is 1. The monoisotopic (exact) mass is 230 g/mol. The summed E-state index contributed by atoms with van der Waals surface area (Å²) in [6.45, 7) is 8.67. The van der Waals surface area contributed by atoms with Crippen LogP contribution >= 0.6 is 0 Å². The number of nitrogens with two attached hydrogens (primary N) is 1. The molecule has 0 bridgehead atoms. The highest BCUT2D eigenvalue weighted by Crippen LogP contribution is 2.14. The van der Waals surface area contributed by atoms with Gasteiger partial charge in [-0.15, -0.1) is 0 Å². The zero-order chi connectivity index (χ0) is 12.8. The molecule has 96 valence electrons. The molecule has 0 radical (unpaired) electrons. The van der Waals surface area contributed by atoms with E-state index in [-0.39, 0.29) is 11.5 Å². The van der Waals surface area contributed by atoms with E-state index in [4.69, 9.17) is 10.5 Å². The highest BCUT2D eigenvalue weighted by atomic mass is 16.5. The van der Waals surface area contributed by atoms with Crippen LogP contribution in [0.4, 0.5) is 0 Å². The highest BCUT2D eigenvalue weighted by Gasteiger charge is 2.27. The summed E-state index contributed by atoms with van der Waals surface area (Å²) < 4.78 is 5.60. The number of nitrogens with one attached hydrogen (secondary N) is 1. The molecule has 0 saturated heterocycles. The standard InChI is InChI=1S/C12H26N2O2/c1-11(2,3)16-9-7-6-8-12(4,14-5)10(13)15/h14H,6-9H2,1-5H3,(H2,13,15). The minimum absolute atomic E-state index is 0.0873. The Balaban J connectivity index is 3.77. The first-order valence-electron chi connectivity index (χ1n) is 5.84. The molecule has 0 aromatic carbocycles. The third-order valence-electron chi connectivity index (χ3n) is 2.70. The van der Waals surface area contributed by atoms with Crippen LogP contribution in [0.2, 0.25) is 0 Å². The van der Waals surface area contributed by atoms with Crippen LogP contribution in [0.25, 0.3) is 0 Å². The van der Waals surface area contributed by atoms with Crippen LogP contribution in [0.15, 0.2) is 0 Å². The van der Waals surface area contributed by atoms with Gasteiger partial charge in [0.25, 0.3) is 0 Å². The first-order valence-corrected chi connectivity index (χ1v) is 5.84. The van der Waals surface area contributed by atoms with Crippen LogP contribution in [0.3, 0.4) is 0 Å². The molecule has 0 aromatic heterocycles. The number of amides is 1. The number of likely N-dealkylation sites (N-methyl/N-ethyl adjacent to an activating group) is 1. The molecule has 4 nitrogen and oxygen atoms in total. The Morgan fingerprint density at radius 2 is 1.81 bits per heavy atom. The Morgan fingerprint density at radius 3 is 2.19 bits per heavy atom. The maximum atomic E-state index is 11.2. The summed E-state index contributed by atoms with van der Waals surface area (Å²) in [5.74, 6) is -0.299. The van der Waals surface area contributed by atoms with E-state index in [0.29, 0.717) is 0 Å². The number of hydrogen-bond acceptors (Lipinski definition) is 3. The maximum Gasteiger partial charge on any atom is 0.237 e. The second kappa shape index (κ2) is 6.21. The number of carbonyl (C=O) groups is 1. The molecule has 0 aliphatic heterocycles. The number of hydrogen-bond donors (Lipinski definition) is 2. The van der Waals surface area contributed by atoms with Gasteiger partial charge in [-0.3, -0.25) is 4.79 Å². The molecule has 1 amide bonds.